The molecule has 1 aromatic heterocycles. The van der Waals surface area contributed by atoms with Crippen molar-refractivity contribution in [1.82, 2.24) is 9.29 Å². The topological polar surface area (TPSA) is 86.6 Å². The predicted molar refractivity (Wildman–Crippen MR) is 110 cm³/mol. The molecule has 0 aliphatic heterocycles. The zero-order valence-electron chi connectivity index (χ0n) is 16.1. The SMILES string of the molecule is CCn1c(=O)sc2cc(S(=O)(=O)N[C@@H](C)c3cc(OC)ccc3OC)ccc21. The van der Waals surface area contributed by atoms with Gasteiger partial charge in [-0.15, -0.1) is 0 Å². The molecule has 0 spiro atoms. The molecule has 150 valence electrons. The Morgan fingerprint density at radius 1 is 1.14 bits per heavy atom. The maximum atomic E-state index is 12.9. The quantitative estimate of drug-likeness (QED) is 0.632. The van der Waals surface area contributed by atoms with Crippen LogP contribution in [-0.4, -0.2) is 27.2 Å². The highest BCUT2D eigenvalue weighted by Gasteiger charge is 2.22. The molecular weight excluding hydrogens is 400 g/mol. The van der Waals surface area contributed by atoms with Gasteiger partial charge in [-0.1, -0.05) is 11.3 Å². The number of nitrogens with zero attached hydrogens (tertiary/aromatic N) is 1. The lowest BCUT2D eigenvalue weighted by atomic mass is 10.1. The number of rotatable bonds is 7. The van der Waals surface area contributed by atoms with Gasteiger partial charge in [-0.3, -0.25) is 9.36 Å². The number of ether oxygens (including phenoxy) is 2. The largest absolute Gasteiger partial charge is 0.497 e. The predicted octanol–water partition coefficient (Wildman–Crippen LogP) is 3.14. The van der Waals surface area contributed by atoms with E-state index >= 15 is 0 Å². The zero-order chi connectivity index (χ0) is 20.5. The van der Waals surface area contributed by atoms with E-state index in [-0.39, 0.29) is 9.77 Å². The monoisotopic (exact) mass is 422 g/mol. The average molecular weight is 423 g/mol. The van der Waals surface area contributed by atoms with Gasteiger partial charge < -0.3 is 9.47 Å². The third-order valence-corrected chi connectivity index (χ3v) is 6.98. The first-order valence-corrected chi connectivity index (χ1v) is 11.0. The number of nitrogens with one attached hydrogen (secondary N) is 1. The van der Waals surface area contributed by atoms with Crippen molar-refractivity contribution < 1.29 is 17.9 Å². The second kappa shape index (κ2) is 7.94. The third-order valence-electron chi connectivity index (χ3n) is 4.50. The number of fused-ring (bicyclic) bond motifs is 1. The summed E-state index contributed by atoms with van der Waals surface area (Å²) in [7, 11) is -0.731. The Kier molecular flexibility index (Phi) is 5.78. The Morgan fingerprint density at radius 2 is 1.89 bits per heavy atom. The van der Waals surface area contributed by atoms with Gasteiger partial charge in [-0.25, -0.2) is 13.1 Å². The molecule has 0 aliphatic carbocycles. The van der Waals surface area contributed by atoms with E-state index in [0.717, 1.165) is 16.9 Å². The number of aryl methyl sites for hydroxylation is 1. The number of sulfonamides is 1. The molecule has 0 aliphatic rings. The van der Waals surface area contributed by atoms with E-state index in [1.807, 2.05) is 6.92 Å². The van der Waals surface area contributed by atoms with E-state index in [2.05, 4.69) is 4.72 Å². The Balaban J connectivity index is 1.95. The van der Waals surface area contributed by atoms with Gasteiger partial charge in [0.25, 0.3) is 0 Å². The number of thiazole rings is 1. The van der Waals surface area contributed by atoms with Crippen molar-refractivity contribution in [3.8, 4) is 11.5 Å². The van der Waals surface area contributed by atoms with Crippen LogP contribution in [0.25, 0.3) is 10.2 Å². The lowest BCUT2D eigenvalue weighted by molar-refractivity contribution is 0.395. The highest BCUT2D eigenvalue weighted by atomic mass is 32.2. The number of aromatic nitrogens is 1. The molecule has 0 amide bonds. The van der Waals surface area contributed by atoms with Crippen LogP contribution in [0, 0.1) is 0 Å². The minimum Gasteiger partial charge on any atom is -0.497 e. The molecule has 28 heavy (non-hydrogen) atoms. The fourth-order valence-corrected chi connectivity index (χ4v) is 5.37. The smallest absolute Gasteiger partial charge is 0.308 e. The highest BCUT2D eigenvalue weighted by molar-refractivity contribution is 7.89. The van der Waals surface area contributed by atoms with Crippen LogP contribution in [0.2, 0.25) is 0 Å². The van der Waals surface area contributed by atoms with E-state index in [0.29, 0.717) is 28.3 Å². The van der Waals surface area contributed by atoms with Crippen LogP contribution in [0.15, 0.2) is 46.1 Å². The van der Waals surface area contributed by atoms with Crippen molar-refractivity contribution in [1.29, 1.82) is 0 Å². The molecule has 3 rings (SSSR count). The minimum atomic E-state index is -3.80. The summed E-state index contributed by atoms with van der Waals surface area (Å²) < 4.78 is 41.3. The number of methoxy groups -OCH3 is 2. The van der Waals surface area contributed by atoms with E-state index < -0.39 is 16.1 Å². The maximum absolute atomic E-state index is 12.9. The number of benzene rings is 2. The zero-order valence-corrected chi connectivity index (χ0v) is 17.7. The summed E-state index contributed by atoms with van der Waals surface area (Å²) in [5.74, 6) is 1.17. The van der Waals surface area contributed by atoms with Crippen LogP contribution in [0.4, 0.5) is 0 Å². The van der Waals surface area contributed by atoms with Gasteiger partial charge in [0.2, 0.25) is 10.0 Å². The van der Waals surface area contributed by atoms with Crippen LogP contribution in [0.3, 0.4) is 0 Å². The lowest BCUT2D eigenvalue weighted by Crippen LogP contribution is -2.27. The van der Waals surface area contributed by atoms with Crippen LogP contribution in [0.5, 0.6) is 11.5 Å². The molecule has 1 heterocycles. The van der Waals surface area contributed by atoms with Gasteiger partial charge in [-0.2, -0.15) is 0 Å². The molecule has 0 saturated heterocycles. The summed E-state index contributed by atoms with van der Waals surface area (Å²) in [5, 5.41) is 0. The summed E-state index contributed by atoms with van der Waals surface area (Å²) in [4.78, 5) is 12.0. The Labute approximate surface area is 167 Å². The fraction of sp³-hybridized carbons (Fsp3) is 0.316. The molecule has 0 saturated carbocycles. The van der Waals surface area contributed by atoms with Crippen molar-refractivity contribution in [2.45, 2.75) is 31.3 Å². The van der Waals surface area contributed by atoms with Crippen molar-refractivity contribution in [2.75, 3.05) is 14.2 Å². The van der Waals surface area contributed by atoms with Crippen molar-refractivity contribution in [2.24, 2.45) is 0 Å². The lowest BCUT2D eigenvalue weighted by Gasteiger charge is -2.18. The summed E-state index contributed by atoms with van der Waals surface area (Å²) in [6, 6.07) is 9.38. The van der Waals surface area contributed by atoms with Gasteiger partial charge in [0.1, 0.15) is 11.5 Å². The molecule has 3 aromatic rings. The highest BCUT2D eigenvalue weighted by Crippen LogP contribution is 2.30. The maximum Gasteiger partial charge on any atom is 0.308 e. The van der Waals surface area contributed by atoms with Crippen LogP contribution < -0.4 is 19.1 Å². The van der Waals surface area contributed by atoms with Gasteiger partial charge in [0.05, 0.1) is 29.3 Å². The number of hydrogen-bond acceptors (Lipinski definition) is 6. The van der Waals surface area contributed by atoms with E-state index in [9.17, 15) is 13.2 Å². The third kappa shape index (κ3) is 3.78. The molecule has 7 nitrogen and oxygen atoms in total. The van der Waals surface area contributed by atoms with Gasteiger partial charge in [0.15, 0.2) is 0 Å². The van der Waals surface area contributed by atoms with E-state index in [4.69, 9.17) is 9.47 Å². The first-order chi connectivity index (χ1) is 13.3. The summed E-state index contributed by atoms with van der Waals surface area (Å²) in [5.41, 5.74) is 1.40. The Morgan fingerprint density at radius 3 is 2.54 bits per heavy atom. The molecule has 2 aromatic carbocycles. The Hall–Kier alpha value is -2.36. The standard InChI is InChI=1S/C19H22N2O5S2/c1-5-21-16-8-7-14(11-18(16)27-19(21)22)28(23,24)20-12(2)15-10-13(25-3)6-9-17(15)26-4/h6-12,20H,5H2,1-4H3/t12-/m0/s1. The number of hydrogen-bond donors (Lipinski definition) is 1. The molecule has 0 bridgehead atoms. The average Bonchev–Trinajstić information content (AvgIpc) is 3.01. The molecule has 0 fully saturated rings. The Bertz CT molecular complexity index is 1160. The van der Waals surface area contributed by atoms with Gasteiger partial charge in [-0.05, 0) is 50.2 Å². The first-order valence-electron chi connectivity index (χ1n) is 8.68. The van der Waals surface area contributed by atoms with Crippen LogP contribution >= 0.6 is 11.3 Å². The summed E-state index contributed by atoms with van der Waals surface area (Å²) >= 11 is 1.04. The van der Waals surface area contributed by atoms with E-state index in [1.54, 1.807) is 42.9 Å². The molecule has 1 atom stereocenters. The molecular formula is C19H22N2O5S2. The molecule has 0 unspecified atom stereocenters. The van der Waals surface area contributed by atoms with Gasteiger partial charge >= 0.3 is 4.87 Å². The molecule has 1 N–H and O–H groups in total. The van der Waals surface area contributed by atoms with Crippen molar-refractivity contribution in [3.63, 3.8) is 0 Å². The van der Waals surface area contributed by atoms with Crippen LogP contribution in [0.1, 0.15) is 25.5 Å². The second-order valence-electron chi connectivity index (χ2n) is 6.19. The molecule has 9 heteroatoms. The normalized spacial score (nSPS) is 12.9. The molecule has 0 radical (unpaired) electrons. The minimum absolute atomic E-state index is 0.102. The van der Waals surface area contributed by atoms with Crippen molar-refractivity contribution >= 4 is 31.6 Å². The summed E-state index contributed by atoms with van der Waals surface area (Å²) in [6.07, 6.45) is 0. The second-order valence-corrected chi connectivity index (χ2v) is 8.90. The van der Waals surface area contributed by atoms with Crippen molar-refractivity contribution in [3.05, 3.63) is 51.6 Å². The fourth-order valence-electron chi connectivity index (χ4n) is 3.06. The van der Waals surface area contributed by atoms with E-state index in [1.165, 1.54) is 19.2 Å². The summed E-state index contributed by atoms with van der Waals surface area (Å²) in [6.45, 7) is 4.15. The van der Waals surface area contributed by atoms with Crippen LogP contribution in [-0.2, 0) is 16.6 Å². The first kappa shape index (κ1) is 20.4. The van der Waals surface area contributed by atoms with Gasteiger partial charge in [0, 0.05) is 18.2 Å².